The van der Waals surface area contributed by atoms with Crippen LogP contribution in [0.4, 0.5) is 5.69 Å². The third-order valence-corrected chi connectivity index (χ3v) is 2.84. The van der Waals surface area contributed by atoms with Gasteiger partial charge < -0.3 is 10.1 Å². The summed E-state index contributed by atoms with van der Waals surface area (Å²) in [5.74, 6) is -0.0760. The molecule has 0 heterocycles. The summed E-state index contributed by atoms with van der Waals surface area (Å²) in [5, 5.41) is 2.78. The number of anilines is 1. The molecule has 1 rings (SSSR count). The van der Waals surface area contributed by atoms with Gasteiger partial charge in [0.1, 0.15) is 5.60 Å². The molecule has 0 aliphatic carbocycles. The molecule has 21 heavy (non-hydrogen) atoms. The van der Waals surface area contributed by atoms with Gasteiger partial charge in [0.25, 0.3) is 0 Å². The minimum Gasteiger partial charge on any atom is -0.460 e. The molecular weight excluding hydrogens is 266 g/mol. The molecule has 0 saturated carbocycles. The topological polar surface area (TPSA) is 55.4 Å². The summed E-state index contributed by atoms with van der Waals surface area (Å²) in [7, 11) is 0. The van der Waals surface area contributed by atoms with E-state index in [0.29, 0.717) is 5.92 Å². The Morgan fingerprint density at radius 1 is 1.10 bits per heavy atom. The maximum absolute atomic E-state index is 11.8. The Balaban J connectivity index is 2.42. The SMILES string of the molecule is CC(C)c1ccc(NC(=O)CCC(=O)OC(C)(C)C)cc1. The minimum atomic E-state index is -0.514. The van der Waals surface area contributed by atoms with E-state index in [-0.39, 0.29) is 24.7 Å². The van der Waals surface area contributed by atoms with E-state index in [4.69, 9.17) is 4.74 Å². The zero-order chi connectivity index (χ0) is 16.0. The molecule has 0 saturated heterocycles. The van der Waals surface area contributed by atoms with Gasteiger partial charge in [-0.1, -0.05) is 26.0 Å². The summed E-state index contributed by atoms with van der Waals surface area (Å²) in [5.41, 5.74) is 1.45. The monoisotopic (exact) mass is 291 g/mol. The van der Waals surface area contributed by atoms with Gasteiger partial charge in [-0.3, -0.25) is 9.59 Å². The van der Waals surface area contributed by atoms with Gasteiger partial charge in [0, 0.05) is 12.1 Å². The van der Waals surface area contributed by atoms with Gasteiger partial charge >= 0.3 is 5.97 Å². The van der Waals surface area contributed by atoms with Crippen LogP contribution < -0.4 is 5.32 Å². The van der Waals surface area contributed by atoms with Gasteiger partial charge in [0.15, 0.2) is 0 Å². The average Bonchev–Trinajstić information content (AvgIpc) is 2.35. The van der Waals surface area contributed by atoms with Crippen LogP contribution in [0, 0.1) is 0 Å². The largest absolute Gasteiger partial charge is 0.460 e. The van der Waals surface area contributed by atoms with Gasteiger partial charge in [-0.05, 0) is 44.4 Å². The van der Waals surface area contributed by atoms with E-state index >= 15 is 0 Å². The van der Waals surface area contributed by atoms with Gasteiger partial charge in [0.05, 0.1) is 6.42 Å². The molecule has 1 N–H and O–H groups in total. The highest BCUT2D eigenvalue weighted by atomic mass is 16.6. The number of esters is 1. The molecular formula is C17H25NO3. The predicted molar refractivity (Wildman–Crippen MR) is 84.2 cm³/mol. The first-order chi connectivity index (χ1) is 9.67. The fraction of sp³-hybridized carbons (Fsp3) is 0.529. The molecule has 116 valence electrons. The first-order valence-corrected chi connectivity index (χ1v) is 7.29. The summed E-state index contributed by atoms with van der Waals surface area (Å²) < 4.78 is 5.16. The fourth-order valence-corrected chi connectivity index (χ4v) is 1.78. The first kappa shape index (κ1) is 17.2. The molecule has 0 bridgehead atoms. The van der Waals surface area contributed by atoms with E-state index in [1.54, 1.807) is 20.8 Å². The second-order valence-electron chi connectivity index (χ2n) is 6.41. The number of hydrogen-bond acceptors (Lipinski definition) is 3. The van der Waals surface area contributed by atoms with Crippen LogP contribution in [0.5, 0.6) is 0 Å². The molecule has 0 atom stereocenters. The van der Waals surface area contributed by atoms with Crippen molar-refractivity contribution in [3.05, 3.63) is 29.8 Å². The fourth-order valence-electron chi connectivity index (χ4n) is 1.78. The van der Waals surface area contributed by atoms with E-state index in [0.717, 1.165) is 5.69 Å². The zero-order valence-corrected chi connectivity index (χ0v) is 13.5. The van der Waals surface area contributed by atoms with E-state index in [9.17, 15) is 9.59 Å². The van der Waals surface area contributed by atoms with Crippen molar-refractivity contribution in [2.45, 2.75) is 59.0 Å². The Labute approximate surface area is 126 Å². The molecule has 4 nitrogen and oxygen atoms in total. The Bertz CT molecular complexity index is 484. The van der Waals surface area contributed by atoms with Crippen LogP contribution in [-0.2, 0) is 14.3 Å². The summed E-state index contributed by atoms with van der Waals surface area (Å²) in [4.78, 5) is 23.3. The van der Waals surface area contributed by atoms with Gasteiger partial charge in [-0.25, -0.2) is 0 Å². The van der Waals surface area contributed by atoms with E-state index in [1.165, 1.54) is 5.56 Å². The number of carbonyl (C=O) groups is 2. The maximum Gasteiger partial charge on any atom is 0.306 e. The first-order valence-electron chi connectivity index (χ1n) is 7.29. The predicted octanol–water partition coefficient (Wildman–Crippen LogP) is 3.87. The second kappa shape index (κ2) is 7.25. The number of hydrogen-bond donors (Lipinski definition) is 1. The molecule has 1 aromatic carbocycles. The zero-order valence-electron chi connectivity index (χ0n) is 13.5. The number of benzene rings is 1. The quantitative estimate of drug-likeness (QED) is 0.838. The second-order valence-corrected chi connectivity index (χ2v) is 6.41. The summed E-state index contributed by atoms with van der Waals surface area (Å²) in [6, 6.07) is 7.74. The third kappa shape index (κ3) is 6.93. The van der Waals surface area contributed by atoms with Crippen molar-refractivity contribution in [2.75, 3.05) is 5.32 Å². The lowest BCUT2D eigenvalue weighted by molar-refractivity contribution is -0.155. The van der Waals surface area contributed by atoms with Crippen molar-refractivity contribution in [3.8, 4) is 0 Å². The van der Waals surface area contributed by atoms with Crippen molar-refractivity contribution in [1.29, 1.82) is 0 Å². The Morgan fingerprint density at radius 2 is 1.67 bits per heavy atom. The van der Waals surface area contributed by atoms with Crippen LogP contribution >= 0.6 is 0 Å². The van der Waals surface area contributed by atoms with Crippen molar-refractivity contribution in [2.24, 2.45) is 0 Å². The molecule has 0 aliphatic heterocycles. The van der Waals surface area contributed by atoms with Gasteiger partial charge in [-0.2, -0.15) is 0 Å². The lowest BCUT2D eigenvalue weighted by Gasteiger charge is -2.19. The highest BCUT2D eigenvalue weighted by Gasteiger charge is 2.17. The number of rotatable bonds is 5. The number of ether oxygens (including phenoxy) is 1. The highest BCUT2D eigenvalue weighted by molar-refractivity contribution is 5.92. The maximum atomic E-state index is 11.8. The summed E-state index contributed by atoms with van der Waals surface area (Å²) in [6.45, 7) is 9.66. The molecule has 0 radical (unpaired) electrons. The lowest BCUT2D eigenvalue weighted by atomic mass is 10.0. The molecule has 0 fully saturated rings. The van der Waals surface area contributed by atoms with E-state index in [1.807, 2.05) is 24.3 Å². The van der Waals surface area contributed by atoms with Crippen LogP contribution in [0.2, 0.25) is 0 Å². The Hall–Kier alpha value is -1.84. The van der Waals surface area contributed by atoms with Crippen molar-refractivity contribution >= 4 is 17.6 Å². The van der Waals surface area contributed by atoms with Crippen LogP contribution in [0.15, 0.2) is 24.3 Å². The number of carbonyl (C=O) groups excluding carboxylic acids is 2. The van der Waals surface area contributed by atoms with Crippen LogP contribution in [0.25, 0.3) is 0 Å². The van der Waals surface area contributed by atoms with Gasteiger partial charge in [-0.15, -0.1) is 0 Å². The van der Waals surface area contributed by atoms with Crippen LogP contribution in [0.3, 0.4) is 0 Å². The molecule has 0 aromatic heterocycles. The molecule has 1 amide bonds. The Morgan fingerprint density at radius 3 is 2.14 bits per heavy atom. The normalized spacial score (nSPS) is 11.3. The van der Waals surface area contributed by atoms with Crippen molar-refractivity contribution < 1.29 is 14.3 Å². The highest BCUT2D eigenvalue weighted by Crippen LogP contribution is 2.17. The molecule has 4 heteroatoms. The summed E-state index contributed by atoms with van der Waals surface area (Å²) >= 11 is 0. The van der Waals surface area contributed by atoms with E-state index in [2.05, 4.69) is 19.2 Å². The minimum absolute atomic E-state index is 0.0905. The number of amides is 1. The molecule has 0 spiro atoms. The summed E-state index contributed by atoms with van der Waals surface area (Å²) in [6.07, 6.45) is 0.216. The van der Waals surface area contributed by atoms with E-state index < -0.39 is 5.60 Å². The molecule has 1 aromatic rings. The average molecular weight is 291 g/mol. The molecule has 0 aliphatic rings. The molecule has 0 unspecified atom stereocenters. The van der Waals surface area contributed by atoms with Crippen LogP contribution in [0.1, 0.15) is 58.9 Å². The van der Waals surface area contributed by atoms with Crippen molar-refractivity contribution in [1.82, 2.24) is 0 Å². The third-order valence-electron chi connectivity index (χ3n) is 2.84. The van der Waals surface area contributed by atoms with Crippen molar-refractivity contribution in [3.63, 3.8) is 0 Å². The Kier molecular flexibility index (Phi) is 5.94. The standard InChI is InChI=1S/C17H25NO3/c1-12(2)13-6-8-14(9-7-13)18-15(19)10-11-16(20)21-17(3,4)5/h6-9,12H,10-11H2,1-5H3,(H,18,19). The smallest absolute Gasteiger partial charge is 0.306 e. The lowest BCUT2D eigenvalue weighted by Crippen LogP contribution is -2.24. The van der Waals surface area contributed by atoms with Crippen LogP contribution in [-0.4, -0.2) is 17.5 Å². The van der Waals surface area contributed by atoms with Gasteiger partial charge in [0.2, 0.25) is 5.91 Å². The number of nitrogens with one attached hydrogen (secondary N) is 1.